The zero-order valence-electron chi connectivity index (χ0n) is 13.4. The highest BCUT2D eigenvalue weighted by Crippen LogP contribution is 2.08. The number of aliphatic hydroxyl groups excluding tert-OH is 1. The number of hydrogen-bond acceptors (Lipinski definition) is 3. The first-order valence-electron chi connectivity index (χ1n) is 8.12. The molecule has 0 saturated carbocycles. The smallest absolute Gasteiger partial charge is 0.161 e. The molecule has 2 aromatic rings. The van der Waals surface area contributed by atoms with Gasteiger partial charge in [0.1, 0.15) is 6.10 Å². The van der Waals surface area contributed by atoms with E-state index in [1.54, 1.807) is 0 Å². The van der Waals surface area contributed by atoms with Crippen LogP contribution in [0.25, 0.3) is 0 Å². The van der Waals surface area contributed by atoms with Gasteiger partial charge in [-0.2, -0.15) is 0 Å². The number of ether oxygens (including phenoxy) is 1. The van der Waals surface area contributed by atoms with Crippen LogP contribution in [0.2, 0.25) is 0 Å². The molecule has 3 nitrogen and oxygen atoms in total. The summed E-state index contributed by atoms with van der Waals surface area (Å²) in [7, 11) is 0. The van der Waals surface area contributed by atoms with Crippen molar-refractivity contribution in [3.8, 4) is 0 Å². The summed E-state index contributed by atoms with van der Waals surface area (Å²) in [5, 5.41) is 9.91. The van der Waals surface area contributed by atoms with E-state index in [1.165, 1.54) is 0 Å². The summed E-state index contributed by atoms with van der Waals surface area (Å²) < 4.78 is 5.56. The Labute approximate surface area is 137 Å². The van der Waals surface area contributed by atoms with E-state index in [-0.39, 0.29) is 5.78 Å². The van der Waals surface area contributed by atoms with Gasteiger partial charge >= 0.3 is 0 Å². The van der Waals surface area contributed by atoms with Crippen LogP contribution in [-0.2, 0) is 22.6 Å². The fraction of sp³-hybridized carbons (Fsp3) is 0.350. The number of ketones is 1. The lowest BCUT2D eigenvalue weighted by atomic mass is 10.0. The summed E-state index contributed by atoms with van der Waals surface area (Å²) >= 11 is 0. The maximum Gasteiger partial charge on any atom is 0.161 e. The Morgan fingerprint density at radius 3 is 2.22 bits per heavy atom. The molecule has 0 aliphatic rings. The normalized spacial score (nSPS) is 12.0. The Morgan fingerprint density at radius 1 is 0.957 bits per heavy atom. The highest BCUT2D eigenvalue weighted by Gasteiger charge is 2.14. The summed E-state index contributed by atoms with van der Waals surface area (Å²) in [5.74, 6) is -0.0862. The third-order valence-corrected chi connectivity index (χ3v) is 3.75. The van der Waals surface area contributed by atoms with Gasteiger partial charge < -0.3 is 9.84 Å². The molecule has 0 bridgehead atoms. The highest BCUT2D eigenvalue weighted by atomic mass is 16.5. The van der Waals surface area contributed by atoms with Crippen LogP contribution in [0.5, 0.6) is 0 Å². The van der Waals surface area contributed by atoms with E-state index in [9.17, 15) is 9.90 Å². The fourth-order valence-electron chi connectivity index (χ4n) is 2.38. The molecule has 0 radical (unpaired) electrons. The maximum atomic E-state index is 11.9. The first kappa shape index (κ1) is 17.4. The molecule has 122 valence electrons. The van der Waals surface area contributed by atoms with Gasteiger partial charge in [-0.3, -0.25) is 4.79 Å². The predicted molar refractivity (Wildman–Crippen MR) is 91.1 cm³/mol. The van der Waals surface area contributed by atoms with E-state index >= 15 is 0 Å². The molecule has 2 aromatic carbocycles. The molecule has 0 saturated heterocycles. The monoisotopic (exact) mass is 312 g/mol. The molecule has 3 heteroatoms. The van der Waals surface area contributed by atoms with Crippen LogP contribution in [-0.4, -0.2) is 23.6 Å². The summed E-state index contributed by atoms with van der Waals surface area (Å²) in [6, 6.07) is 19.8. The van der Waals surface area contributed by atoms with E-state index in [2.05, 4.69) is 0 Å². The van der Waals surface area contributed by atoms with Crippen molar-refractivity contribution < 1.29 is 14.6 Å². The summed E-state index contributed by atoms with van der Waals surface area (Å²) in [4.78, 5) is 11.9. The lowest BCUT2D eigenvalue weighted by molar-refractivity contribution is -0.127. The minimum Gasteiger partial charge on any atom is -0.385 e. The number of Topliss-reactive ketones (excluding diaryl/α,β-unsaturated/α-hetero) is 1. The predicted octanol–water partition coefficient (Wildman–Crippen LogP) is 3.55. The number of aliphatic hydroxyl groups is 1. The third-order valence-electron chi connectivity index (χ3n) is 3.75. The molecule has 23 heavy (non-hydrogen) atoms. The number of carbonyl (C=O) groups is 1. The standard InChI is InChI=1S/C20H24O3/c21-19(20(22)14-13-17-8-3-1-4-9-17)12-7-15-23-16-18-10-5-2-6-11-18/h1-6,8-11,19,21H,7,12-16H2. The summed E-state index contributed by atoms with van der Waals surface area (Å²) in [6.07, 6.45) is 1.34. The maximum absolute atomic E-state index is 11.9. The van der Waals surface area contributed by atoms with Crippen LogP contribution in [0.15, 0.2) is 60.7 Å². The van der Waals surface area contributed by atoms with Gasteiger partial charge in [0.2, 0.25) is 0 Å². The molecule has 0 aliphatic carbocycles. The molecule has 1 unspecified atom stereocenters. The van der Waals surface area contributed by atoms with Crippen molar-refractivity contribution in [3.05, 3.63) is 71.8 Å². The van der Waals surface area contributed by atoms with E-state index in [0.29, 0.717) is 38.9 Å². The second-order valence-corrected chi connectivity index (χ2v) is 5.65. The number of benzene rings is 2. The molecular weight excluding hydrogens is 288 g/mol. The zero-order chi connectivity index (χ0) is 16.3. The number of carbonyl (C=O) groups excluding carboxylic acids is 1. The molecule has 2 rings (SSSR count). The van der Waals surface area contributed by atoms with Gasteiger partial charge in [0.05, 0.1) is 6.61 Å². The first-order chi connectivity index (χ1) is 11.3. The number of aryl methyl sites for hydroxylation is 1. The van der Waals surface area contributed by atoms with E-state index < -0.39 is 6.10 Å². The molecule has 0 fully saturated rings. The van der Waals surface area contributed by atoms with Crippen molar-refractivity contribution >= 4 is 5.78 Å². The Bertz CT molecular complexity index is 566. The van der Waals surface area contributed by atoms with Gasteiger partial charge in [0, 0.05) is 13.0 Å². The minimum absolute atomic E-state index is 0.0862. The third kappa shape index (κ3) is 6.76. The number of hydrogen-bond donors (Lipinski definition) is 1. The second kappa shape index (κ2) is 9.93. The van der Waals surface area contributed by atoms with Gasteiger partial charge in [-0.05, 0) is 30.4 Å². The molecular formula is C20H24O3. The minimum atomic E-state index is -0.876. The van der Waals surface area contributed by atoms with Crippen molar-refractivity contribution in [2.45, 2.75) is 38.4 Å². The molecule has 0 aromatic heterocycles. The first-order valence-corrected chi connectivity index (χ1v) is 8.12. The second-order valence-electron chi connectivity index (χ2n) is 5.65. The van der Waals surface area contributed by atoms with Crippen LogP contribution in [0.4, 0.5) is 0 Å². The van der Waals surface area contributed by atoms with Crippen LogP contribution >= 0.6 is 0 Å². The van der Waals surface area contributed by atoms with Crippen molar-refractivity contribution in [1.82, 2.24) is 0 Å². The molecule has 1 atom stereocenters. The van der Waals surface area contributed by atoms with Gasteiger partial charge in [-0.15, -0.1) is 0 Å². The molecule has 0 aliphatic heterocycles. The van der Waals surface area contributed by atoms with Crippen molar-refractivity contribution in [2.24, 2.45) is 0 Å². The largest absolute Gasteiger partial charge is 0.385 e. The highest BCUT2D eigenvalue weighted by molar-refractivity contribution is 5.82. The van der Waals surface area contributed by atoms with Crippen molar-refractivity contribution in [2.75, 3.05) is 6.61 Å². The van der Waals surface area contributed by atoms with Crippen LogP contribution in [0.3, 0.4) is 0 Å². The van der Waals surface area contributed by atoms with E-state index in [1.807, 2.05) is 60.7 Å². The lowest BCUT2D eigenvalue weighted by Crippen LogP contribution is -2.21. The Kier molecular flexibility index (Phi) is 7.50. The molecule has 0 heterocycles. The van der Waals surface area contributed by atoms with Crippen LogP contribution in [0.1, 0.15) is 30.4 Å². The molecule has 0 amide bonds. The van der Waals surface area contributed by atoms with Crippen molar-refractivity contribution in [3.63, 3.8) is 0 Å². The molecule has 0 spiro atoms. The zero-order valence-corrected chi connectivity index (χ0v) is 13.4. The van der Waals surface area contributed by atoms with E-state index in [4.69, 9.17) is 4.74 Å². The van der Waals surface area contributed by atoms with E-state index in [0.717, 1.165) is 11.1 Å². The topological polar surface area (TPSA) is 46.5 Å². The quantitative estimate of drug-likeness (QED) is 0.683. The van der Waals surface area contributed by atoms with Gasteiger partial charge in [-0.1, -0.05) is 60.7 Å². The summed E-state index contributed by atoms with van der Waals surface area (Å²) in [6.45, 7) is 1.12. The SMILES string of the molecule is O=C(CCc1ccccc1)C(O)CCCOCc1ccccc1. The Morgan fingerprint density at radius 2 is 1.57 bits per heavy atom. The van der Waals surface area contributed by atoms with Gasteiger partial charge in [-0.25, -0.2) is 0 Å². The Hall–Kier alpha value is -1.97. The number of rotatable bonds is 10. The van der Waals surface area contributed by atoms with Crippen LogP contribution < -0.4 is 0 Å². The van der Waals surface area contributed by atoms with Gasteiger partial charge in [0.25, 0.3) is 0 Å². The van der Waals surface area contributed by atoms with Gasteiger partial charge in [0.15, 0.2) is 5.78 Å². The summed E-state index contributed by atoms with van der Waals surface area (Å²) in [5.41, 5.74) is 2.26. The lowest BCUT2D eigenvalue weighted by Gasteiger charge is -2.10. The average molecular weight is 312 g/mol. The fourth-order valence-corrected chi connectivity index (χ4v) is 2.38. The molecule has 1 N–H and O–H groups in total. The Balaban J connectivity index is 1.57. The average Bonchev–Trinajstić information content (AvgIpc) is 2.61. The van der Waals surface area contributed by atoms with Crippen molar-refractivity contribution in [1.29, 1.82) is 0 Å². The van der Waals surface area contributed by atoms with Crippen LogP contribution in [0, 0.1) is 0 Å².